The highest BCUT2D eigenvalue weighted by atomic mass is 32.1. The molecule has 2 aliphatic heterocycles. The van der Waals surface area contributed by atoms with Crippen molar-refractivity contribution in [2.24, 2.45) is 0 Å². The van der Waals surface area contributed by atoms with Crippen LogP contribution in [-0.2, 0) is 0 Å². The van der Waals surface area contributed by atoms with Gasteiger partial charge in [-0.1, -0.05) is 121 Å². The Bertz CT molecular complexity index is 3060. The van der Waals surface area contributed by atoms with E-state index in [0.29, 0.717) is 0 Å². The maximum Gasteiger partial charge on any atom is 0.160 e. The van der Waals surface area contributed by atoms with Gasteiger partial charge in [0.25, 0.3) is 0 Å². The van der Waals surface area contributed by atoms with Crippen LogP contribution >= 0.6 is 11.3 Å². The van der Waals surface area contributed by atoms with Crippen LogP contribution in [0.3, 0.4) is 0 Å². The minimum atomic E-state index is -0.0128. The summed E-state index contributed by atoms with van der Waals surface area (Å²) < 4.78 is 14.4. The number of nitrogens with zero attached hydrogens (tertiary/aromatic N) is 2. The lowest BCUT2D eigenvalue weighted by Gasteiger charge is -2.34. The standard InChI is InChI=1S/C52H36N2O2S/c1-2-10-33(11-3-1)34-18-20-35(21-19-34)36-22-24-37(25-23-36)53(40-30-31-42-41-12-4-7-15-45(41)55-47(42)32-40)38-26-28-39(29-27-38)54-49-43-13-5-8-16-46(43)56-51(49)52-50(54)44-14-6-9-17-48(44)57-52/h1-26,28,30-32,49,51H,27,29H2. The van der Waals surface area contributed by atoms with Crippen LogP contribution in [0.1, 0.15) is 35.4 Å². The van der Waals surface area contributed by atoms with Crippen molar-refractivity contribution in [2.75, 3.05) is 9.80 Å². The molecule has 1 aliphatic carbocycles. The molecule has 0 saturated carbocycles. The first-order chi connectivity index (χ1) is 28.2. The van der Waals surface area contributed by atoms with Crippen LogP contribution in [0.2, 0.25) is 0 Å². The molecule has 4 heterocycles. The zero-order valence-electron chi connectivity index (χ0n) is 31.0. The molecule has 5 heteroatoms. The molecule has 9 aromatic rings. The van der Waals surface area contributed by atoms with Gasteiger partial charge in [0.1, 0.15) is 23.0 Å². The van der Waals surface area contributed by atoms with E-state index in [1.807, 2.05) is 23.5 Å². The van der Waals surface area contributed by atoms with Crippen molar-refractivity contribution in [3.63, 3.8) is 0 Å². The van der Waals surface area contributed by atoms with Crippen molar-refractivity contribution in [3.8, 4) is 28.0 Å². The largest absolute Gasteiger partial charge is 0.482 e. The van der Waals surface area contributed by atoms with Crippen LogP contribution < -0.4 is 14.5 Å². The van der Waals surface area contributed by atoms with Gasteiger partial charge in [0.15, 0.2) is 6.10 Å². The third kappa shape index (κ3) is 5.19. The number of fused-ring (bicyclic) bond motifs is 10. The van der Waals surface area contributed by atoms with Gasteiger partial charge in [-0.3, -0.25) is 0 Å². The molecule has 3 aliphatic rings. The monoisotopic (exact) mass is 752 g/mol. The van der Waals surface area contributed by atoms with Gasteiger partial charge in [-0.15, -0.1) is 11.3 Å². The van der Waals surface area contributed by atoms with Crippen molar-refractivity contribution >= 4 is 60.4 Å². The van der Waals surface area contributed by atoms with E-state index in [2.05, 4.69) is 180 Å². The van der Waals surface area contributed by atoms with Gasteiger partial charge in [0.2, 0.25) is 0 Å². The molecule has 2 atom stereocenters. The number of anilines is 3. The normalized spacial score (nSPS) is 16.9. The minimum absolute atomic E-state index is 0.0128. The lowest BCUT2D eigenvalue weighted by Crippen LogP contribution is -2.27. The van der Waals surface area contributed by atoms with E-state index in [1.165, 1.54) is 59.9 Å². The Labute approximate surface area is 334 Å². The van der Waals surface area contributed by atoms with Gasteiger partial charge in [-0.25, -0.2) is 0 Å². The Morgan fingerprint density at radius 3 is 1.98 bits per heavy atom. The van der Waals surface area contributed by atoms with Gasteiger partial charge in [0.05, 0.1) is 10.6 Å². The Morgan fingerprint density at radius 1 is 0.544 bits per heavy atom. The van der Waals surface area contributed by atoms with Crippen molar-refractivity contribution in [2.45, 2.75) is 25.0 Å². The summed E-state index contributed by atoms with van der Waals surface area (Å²) in [6, 6.07) is 60.9. The zero-order valence-corrected chi connectivity index (χ0v) is 31.8. The summed E-state index contributed by atoms with van der Waals surface area (Å²) in [5, 5.41) is 3.57. The molecular weight excluding hydrogens is 717 g/mol. The fraction of sp³-hybridized carbons (Fsp3) is 0.0769. The van der Waals surface area contributed by atoms with Crippen LogP contribution in [0, 0.1) is 0 Å². The molecule has 0 saturated heterocycles. The second kappa shape index (κ2) is 12.9. The first-order valence-corrected chi connectivity index (χ1v) is 20.5. The quantitative estimate of drug-likeness (QED) is 0.169. The summed E-state index contributed by atoms with van der Waals surface area (Å²) in [6.07, 6.45) is 6.45. The van der Waals surface area contributed by atoms with Gasteiger partial charge < -0.3 is 19.0 Å². The smallest absolute Gasteiger partial charge is 0.160 e. The maximum absolute atomic E-state index is 6.72. The fourth-order valence-corrected chi connectivity index (χ4v) is 10.5. The highest BCUT2D eigenvalue weighted by Gasteiger charge is 2.50. The summed E-state index contributed by atoms with van der Waals surface area (Å²) in [4.78, 5) is 6.33. The number of ether oxygens (including phenoxy) is 1. The van der Waals surface area contributed by atoms with Gasteiger partial charge in [-0.2, -0.15) is 0 Å². The predicted octanol–water partition coefficient (Wildman–Crippen LogP) is 14.5. The summed E-state index contributed by atoms with van der Waals surface area (Å²) in [5.74, 6) is 0.996. The average molecular weight is 753 g/mol. The van der Waals surface area contributed by atoms with E-state index in [4.69, 9.17) is 9.15 Å². The molecule has 12 rings (SSSR count). The molecule has 2 aromatic heterocycles. The maximum atomic E-state index is 6.72. The van der Waals surface area contributed by atoms with E-state index in [1.54, 1.807) is 0 Å². The summed E-state index contributed by atoms with van der Waals surface area (Å²) in [6.45, 7) is 0. The molecule has 57 heavy (non-hydrogen) atoms. The van der Waals surface area contributed by atoms with Crippen LogP contribution in [0.25, 0.3) is 54.3 Å². The molecule has 0 spiro atoms. The third-order valence-electron chi connectivity index (χ3n) is 11.9. The van der Waals surface area contributed by atoms with Crippen LogP contribution in [0.4, 0.5) is 17.1 Å². The summed E-state index contributed by atoms with van der Waals surface area (Å²) in [5.41, 5.74) is 14.0. The van der Waals surface area contributed by atoms with Gasteiger partial charge in [-0.05, 0) is 89.7 Å². The molecule has 4 nitrogen and oxygen atoms in total. The first kappa shape index (κ1) is 32.4. The lowest BCUT2D eigenvalue weighted by atomic mass is 9.99. The number of hydrogen-bond acceptors (Lipinski definition) is 5. The molecule has 0 bridgehead atoms. The molecule has 0 N–H and O–H groups in total. The van der Waals surface area contributed by atoms with E-state index >= 15 is 0 Å². The SMILES string of the molecule is C1=C(N(c2ccc(-c3ccc(-c4ccccc4)cc3)cc2)c2ccc3c(c2)oc2ccccc23)CCC(N2c3c(sc4ccccc34)C3Oc4ccccc4C32)=C1. The van der Waals surface area contributed by atoms with E-state index in [0.717, 1.165) is 51.9 Å². The Hall–Kier alpha value is -6.82. The molecule has 7 aromatic carbocycles. The van der Waals surface area contributed by atoms with E-state index in [-0.39, 0.29) is 12.1 Å². The molecule has 0 amide bonds. The van der Waals surface area contributed by atoms with Crippen molar-refractivity contribution in [1.82, 2.24) is 0 Å². The van der Waals surface area contributed by atoms with Crippen LogP contribution in [0.15, 0.2) is 198 Å². The number of hydrogen-bond donors (Lipinski definition) is 0. The minimum Gasteiger partial charge on any atom is -0.482 e. The number of allylic oxidation sites excluding steroid dienone is 4. The van der Waals surface area contributed by atoms with Crippen molar-refractivity contribution in [1.29, 1.82) is 0 Å². The highest BCUT2D eigenvalue weighted by Crippen LogP contribution is 2.62. The van der Waals surface area contributed by atoms with Gasteiger partial charge >= 0.3 is 0 Å². The van der Waals surface area contributed by atoms with E-state index in [9.17, 15) is 0 Å². The highest BCUT2D eigenvalue weighted by molar-refractivity contribution is 7.20. The third-order valence-corrected chi connectivity index (χ3v) is 13.1. The number of para-hydroxylation sites is 2. The number of furan rings is 1. The first-order valence-electron chi connectivity index (χ1n) is 19.7. The lowest BCUT2D eigenvalue weighted by molar-refractivity contribution is 0.225. The molecule has 0 radical (unpaired) electrons. The van der Waals surface area contributed by atoms with Crippen LogP contribution in [-0.4, -0.2) is 0 Å². The predicted molar refractivity (Wildman–Crippen MR) is 235 cm³/mol. The van der Waals surface area contributed by atoms with Gasteiger partial charge in [0, 0.05) is 55.3 Å². The second-order valence-electron chi connectivity index (χ2n) is 15.1. The summed E-state index contributed by atoms with van der Waals surface area (Å²) >= 11 is 1.88. The van der Waals surface area contributed by atoms with E-state index < -0.39 is 0 Å². The fourth-order valence-electron chi connectivity index (χ4n) is 9.25. The summed E-state index contributed by atoms with van der Waals surface area (Å²) in [7, 11) is 0. The Balaban J connectivity index is 0.945. The molecule has 0 fully saturated rings. The van der Waals surface area contributed by atoms with Crippen molar-refractivity contribution in [3.05, 3.63) is 204 Å². The van der Waals surface area contributed by atoms with Crippen molar-refractivity contribution < 1.29 is 9.15 Å². The number of thiophene rings is 1. The number of rotatable bonds is 6. The zero-order chi connectivity index (χ0) is 37.5. The molecule has 2 unspecified atom stereocenters. The van der Waals surface area contributed by atoms with Crippen LogP contribution in [0.5, 0.6) is 5.75 Å². The Kier molecular flexibility index (Phi) is 7.32. The Morgan fingerprint density at radius 2 is 1.19 bits per heavy atom. The topological polar surface area (TPSA) is 28.9 Å². The molecular formula is C52H36N2O2S. The number of benzene rings is 7. The second-order valence-corrected chi connectivity index (χ2v) is 16.2. The average Bonchev–Trinajstić information content (AvgIpc) is 4.03. The molecule has 272 valence electrons.